The Morgan fingerprint density at radius 3 is 2.33 bits per heavy atom. The lowest BCUT2D eigenvalue weighted by molar-refractivity contribution is -0.192. The molecule has 4 aliphatic rings. The van der Waals surface area contributed by atoms with Gasteiger partial charge in [-0.15, -0.1) is 0 Å². The van der Waals surface area contributed by atoms with Crippen molar-refractivity contribution >= 4 is 5.97 Å². The summed E-state index contributed by atoms with van der Waals surface area (Å²) in [5.74, 6) is -0.931. The molecule has 0 radical (unpaired) electrons. The van der Waals surface area contributed by atoms with E-state index in [2.05, 4.69) is 4.90 Å². The lowest BCUT2D eigenvalue weighted by atomic mass is 10.1. The Morgan fingerprint density at radius 2 is 1.74 bits per heavy atom. The number of aliphatic carboxylic acids is 1. The first-order chi connectivity index (χ1) is 12.8. The van der Waals surface area contributed by atoms with Gasteiger partial charge in [-0.3, -0.25) is 4.90 Å². The van der Waals surface area contributed by atoms with Crippen LogP contribution in [0.5, 0.6) is 0 Å². The molecule has 0 aromatic rings. The number of carboxylic acid groups (broad SMARTS) is 1. The fourth-order valence-electron chi connectivity index (χ4n) is 4.47. The second-order valence-electron chi connectivity index (χ2n) is 8.24. The molecule has 1 saturated heterocycles. The average Bonchev–Trinajstić information content (AvgIpc) is 3.10. The molecule has 0 unspecified atom stereocenters. The molecule has 0 spiro atoms. The molecule has 4 rings (SSSR count). The van der Waals surface area contributed by atoms with Gasteiger partial charge in [-0.25, -0.2) is 4.79 Å². The van der Waals surface area contributed by atoms with Gasteiger partial charge >= 0.3 is 12.1 Å². The highest BCUT2D eigenvalue weighted by atomic mass is 19.4. The molecule has 1 N–H and O–H groups in total. The molecule has 8 heteroatoms. The van der Waals surface area contributed by atoms with Crippen molar-refractivity contribution in [2.24, 2.45) is 11.8 Å². The van der Waals surface area contributed by atoms with E-state index < -0.39 is 12.1 Å². The molecule has 0 aromatic heterocycles. The van der Waals surface area contributed by atoms with Gasteiger partial charge < -0.3 is 14.6 Å². The van der Waals surface area contributed by atoms with Crippen LogP contribution in [0.1, 0.15) is 51.4 Å². The van der Waals surface area contributed by atoms with Crippen molar-refractivity contribution in [3.8, 4) is 0 Å². The van der Waals surface area contributed by atoms with Crippen LogP contribution in [0.25, 0.3) is 0 Å². The van der Waals surface area contributed by atoms with Gasteiger partial charge in [-0.1, -0.05) is 12.8 Å². The molecule has 0 amide bonds. The van der Waals surface area contributed by atoms with E-state index in [1.807, 2.05) is 0 Å². The molecule has 1 heterocycles. The maximum Gasteiger partial charge on any atom is 0.490 e. The van der Waals surface area contributed by atoms with Gasteiger partial charge in [-0.05, 0) is 50.4 Å². The van der Waals surface area contributed by atoms with Gasteiger partial charge in [-0.2, -0.15) is 13.2 Å². The third-order valence-corrected chi connectivity index (χ3v) is 6.10. The van der Waals surface area contributed by atoms with Gasteiger partial charge in [0, 0.05) is 25.7 Å². The molecule has 3 atom stereocenters. The number of hydrogen-bond acceptors (Lipinski definition) is 4. The van der Waals surface area contributed by atoms with Crippen molar-refractivity contribution in [2.45, 2.75) is 75.8 Å². The van der Waals surface area contributed by atoms with E-state index in [9.17, 15) is 13.2 Å². The van der Waals surface area contributed by atoms with E-state index in [1.165, 1.54) is 57.9 Å². The molecule has 5 nitrogen and oxygen atoms in total. The van der Waals surface area contributed by atoms with Gasteiger partial charge in [0.25, 0.3) is 0 Å². The van der Waals surface area contributed by atoms with E-state index in [0.717, 1.165) is 31.6 Å². The number of carboxylic acids is 1. The SMILES string of the molecule is C1CCC(CO[C@@H]2CC[C@H]3[C@H]2OCCN3CC2CC2)C1.O=C(O)C(F)(F)F. The van der Waals surface area contributed by atoms with Crippen molar-refractivity contribution in [3.05, 3.63) is 0 Å². The summed E-state index contributed by atoms with van der Waals surface area (Å²) in [6, 6.07) is 0.651. The van der Waals surface area contributed by atoms with Crippen molar-refractivity contribution in [2.75, 3.05) is 26.3 Å². The lowest BCUT2D eigenvalue weighted by Gasteiger charge is -2.39. The molecule has 0 bridgehead atoms. The molecule has 1 aliphatic heterocycles. The molecule has 4 fully saturated rings. The number of morpholine rings is 1. The van der Waals surface area contributed by atoms with E-state index in [4.69, 9.17) is 19.4 Å². The summed E-state index contributed by atoms with van der Waals surface area (Å²) in [5, 5.41) is 7.12. The molecule has 27 heavy (non-hydrogen) atoms. The van der Waals surface area contributed by atoms with Crippen molar-refractivity contribution in [1.29, 1.82) is 0 Å². The van der Waals surface area contributed by atoms with E-state index >= 15 is 0 Å². The van der Waals surface area contributed by atoms with Crippen LogP contribution in [-0.2, 0) is 14.3 Å². The first-order valence-corrected chi connectivity index (χ1v) is 10.1. The molecule has 3 saturated carbocycles. The molecule has 3 aliphatic carbocycles. The Bertz CT molecular complexity index is 492. The molecule has 156 valence electrons. The Balaban J connectivity index is 0.000000260. The number of halogens is 3. The number of carbonyl (C=O) groups is 1. The quantitative estimate of drug-likeness (QED) is 0.775. The van der Waals surface area contributed by atoms with Crippen LogP contribution in [0, 0.1) is 11.8 Å². The second kappa shape index (κ2) is 9.09. The van der Waals surface area contributed by atoms with E-state index in [-0.39, 0.29) is 0 Å². The average molecular weight is 393 g/mol. The number of rotatable bonds is 5. The second-order valence-corrected chi connectivity index (χ2v) is 8.24. The minimum absolute atomic E-state index is 0.365. The minimum Gasteiger partial charge on any atom is -0.475 e. The van der Waals surface area contributed by atoms with Crippen molar-refractivity contribution in [3.63, 3.8) is 0 Å². The Kier molecular flexibility index (Phi) is 7.03. The lowest BCUT2D eigenvalue weighted by Crippen LogP contribution is -2.52. The maximum atomic E-state index is 10.6. The number of nitrogens with zero attached hydrogens (tertiary/aromatic N) is 1. The summed E-state index contributed by atoms with van der Waals surface area (Å²) in [4.78, 5) is 11.6. The van der Waals surface area contributed by atoms with E-state index in [1.54, 1.807) is 0 Å². The van der Waals surface area contributed by atoms with Crippen molar-refractivity contribution < 1.29 is 32.5 Å². The number of fused-ring (bicyclic) bond motifs is 1. The highest BCUT2D eigenvalue weighted by Crippen LogP contribution is 2.37. The maximum absolute atomic E-state index is 10.6. The number of hydrogen-bond donors (Lipinski definition) is 1. The zero-order valence-corrected chi connectivity index (χ0v) is 15.6. The molecular formula is C19H30F3NO4. The zero-order valence-electron chi connectivity index (χ0n) is 15.6. The Labute approximate surface area is 158 Å². The molecular weight excluding hydrogens is 363 g/mol. The van der Waals surface area contributed by atoms with Crippen LogP contribution in [-0.4, -0.2) is 66.7 Å². The summed E-state index contributed by atoms with van der Waals surface area (Å²) >= 11 is 0. The monoisotopic (exact) mass is 393 g/mol. The highest BCUT2D eigenvalue weighted by molar-refractivity contribution is 5.73. The van der Waals surface area contributed by atoms with Crippen LogP contribution in [0.3, 0.4) is 0 Å². The van der Waals surface area contributed by atoms with Crippen LogP contribution in [0.4, 0.5) is 13.2 Å². The zero-order chi connectivity index (χ0) is 19.4. The van der Waals surface area contributed by atoms with Crippen LogP contribution >= 0.6 is 0 Å². The number of ether oxygens (including phenoxy) is 2. The first kappa shape index (κ1) is 20.9. The fourth-order valence-corrected chi connectivity index (χ4v) is 4.47. The first-order valence-electron chi connectivity index (χ1n) is 10.1. The fraction of sp³-hybridized carbons (Fsp3) is 0.947. The van der Waals surface area contributed by atoms with Crippen LogP contribution < -0.4 is 0 Å². The minimum atomic E-state index is -5.08. The normalized spacial score (nSPS) is 32.0. The predicted molar refractivity (Wildman–Crippen MR) is 92.4 cm³/mol. The van der Waals surface area contributed by atoms with Crippen LogP contribution in [0.15, 0.2) is 0 Å². The topological polar surface area (TPSA) is 59.0 Å². The third-order valence-electron chi connectivity index (χ3n) is 6.10. The predicted octanol–water partition coefficient (Wildman–Crippen LogP) is 3.47. The van der Waals surface area contributed by atoms with Gasteiger partial charge in [0.15, 0.2) is 0 Å². The number of alkyl halides is 3. The summed E-state index contributed by atoms with van der Waals surface area (Å²) < 4.78 is 44.1. The summed E-state index contributed by atoms with van der Waals surface area (Å²) in [6.45, 7) is 4.37. The van der Waals surface area contributed by atoms with Gasteiger partial charge in [0.05, 0.1) is 18.8 Å². The Hall–Kier alpha value is -0.860. The summed E-state index contributed by atoms with van der Waals surface area (Å²) in [6.07, 6.45) is 6.66. The molecule has 0 aromatic carbocycles. The summed E-state index contributed by atoms with van der Waals surface area (Å²) in [5.41, 5.74) is 0. The van der Waals surface area contributed by atoms with Crippen molar-refractivity contribution in [1.82, 2.24) is 4.90 Å². The van der Waals surface area contributed by atoms with Gasteiger partial charge in [0.1, 0.15) is 0 Å². The standard InChI is InChI=1S/C17H29NO2.C2HF3O2/c1-2-4-14(3-1)12-20-16-8-7-15-17(16)19-10-9-18(15)11-13-5-6-13;3-2(4,5)1(6)7/h13-17H,1-12H2;(H,6,7)/t15-,16+,17+;/m0./s1. The van der Waals surface area contributed by atoms with Crippen LogP contribution in [0.2, 0.25) is 0 Å². The summed E-state index contributed by atoms with van der Waals surface area (Å²) in [7, 11) is 0. The Morgan fingerprint density at radius 1 is 1.07 bits per heavy atom. The largest absolute Gasteiger partial charge is 0.490 e. The third kappa shape index (κ3) is 6.06. The highest BCUT2D eigenvalue weighted by Gasteiger charge is 2.44. The van der Waals surface area contributed by atoms with E-state index in [0.29, 0.717) is 18.2 Å². The smallest absolute Gasteiger partial charge is 0.475 e. The van der Waals surface area contributed by atoms with Gasteiger partial charge in [0.2, 0.25) is 0 Å².